The summed E-state index contributed by atoms with van der Waals surface area (Å²) >= 11 is 1.46. The molecule has 2 unspecified atom stereocenters. The fraction of sp³-hybridized carbons (Fsp3) is 0.333. The summed E-state index contributed by atoms with van der Waals surface area (Å²) in [6.07, 6.45) is 0. The van der Waals surface area contributed by atoms with Crippen LogP contribution in [0, 0.1) is 6.92 Å². The summed E-state index contributed by atoms with van der Waals surface area (Å²) in [5.74, 6) is -0.751. The molecule has 2 heterocycles. The van der Waals surface area contributed by atoms with Gasteiger partial charge in [-0.25, -0.2) is 4.79 Å². The van der Waals surface area contributed by atoms with Gasteiger partial charge in [-0.3, -0.25) is 4.79 Å². The molecule has 1 aliphatic rings. The van der Waals surface area contributed by atoms with Crippen LogP contribution in [0.3, 0.4) is 0 Å². The molecule has 0 aliphatic carbocycles. The molecule has 1 aliphatic heterocycles. The molecule has 1 fully saturated rings. The number of thioether (sulfide) groups is 1. The summed E-state index contributed by atoms with van der Waals surface area (Å²) in [7, 11) is 0. The van der Waals surface area contributed by atoms with E-state index >= 15 is 0 Å². The van der Waals surface area contributed by atoms with Gasteiger partial charge in [0.25, 0.3) is 5.91 Å². The Balaban J connectivity index is 1.97. The molecule has 0 spiro atoms. The topological polar surface area (TPSA) is 70.8 Å². The second kappa shape index (κ2) is 5.11. The largest absolute Gasteiger partial charge is 0.480 e. The molecule has 1 aromatic carbocycles. The second-order valence-electron chi connectivity index (χ2n) is 5.15. The Labute approximate surface area is 125 Å². The molecule has 3 rings (SSSR count). The lowest BCUT2D eigenvalue weighted by atomic mass is 10.2. The summed E-state index contributed by atoms with van der Waals surface area (Å²) in [5.41, 5.74) is 1.71. The third-order valence-corrected chi connectivity index (χ3v) is 4.84. The molecule has 1 amide bonds. The van der Waals surface area contributed by atoms with Crippen molar-refractivity contribution < 1.29 is 19.1 Å². The van der Waals surface area contributed by atoms with Gasteiger partial charge >= 0.3 is 5.97 Å². The van der Waals surface area contributed by atoms with Crippen LogP contribution in [0.4, 0.5) is 0 Å². The number of carboxylic acid groups (broad SMARTS) is 1. The van der Waals surface area contributed by atoms with Crippen LogP contribution >= 0.6 is 11.8 Å². The fourth-order valence-electron chi connectivity index (χ4n) is 2.54. The number of carbonyl (C=O) groups excluding carboxylic acids is 1. The molecule has 6 heteroatoms. The normalized spacial score (nSPS) is 21.9. The van der Waals surface area contributed by atoms with Gasteiger partial charge in [0.15, 0.2) is 5.76 Å². The van der Waals surface area contributed by atoms with Gasteiger partial charge in [-0.2, -0.15) is 0 Å². The summed E-state index contributed by atoms with van der Waals surface area (Å²) in [6.45, 7) is 3.80. The average molecular weight is 305 g/mol. The highest BCUT2D eigenvalue weighted by Gasteiger charge is 2.40. The van der Waals surface area contributed by atoms with Crippen LogP contribution < -0.4 is 0 Å². The van der Waals surface area contributed by atoms with E-state index in [1.807, 2.05) is 32.0 Å². The van der Waals surface area contributed by atoms with Crippen molar-refractivity contribution in [3.05, 3.63) is 35.6 Å². The van der Waals surface area contributed by atoms with Gasteiger partial charge in [0.05, 0.1) is 5.37 Å². The standard InChI is InChI=1S/C15H15NO4S/c1-8-3-4-12-10(5-8)6-13(20-12)14(17)16-9(2)21-7-11(16)15(18)19/h3-6,9,11H,7H2,1-2H3,(H,18,19). The SMILES string of the molecule is Cc1ccc2oc(C(=O)N3C(C)SCC3C(=O)O)cc2c1. The van der Waals surface area contributed by atoms with Crippen molar-refractivity contribution in [2.24, 2.45) is 0 Å². The van der Waals surface area contributed by atoms with E-state index < -0.39 is 12.0 Å². The van der Waals surface area contributed by atoms with E-state index in [9.17, 15) is 14.7 Å². The minimum atomic E-state index is -0.979. The molecular weight excluding hydrogens is 290 g/mol. The zero-order chi connectivity index (χ0) is 15.1. The van der Waals surface area contributed by atoms with Crippen LogP contribution in [-0.2, 0) is 4.79 Å². The van der Waals surface area contributed by atoms with Crippen LogP contribution in [0.5, 0.6) is 0 Å². The van der Waals surface area contributed by atoms with Crippen molar-refractivity contribution in [3.8, 4) is 0 Å². The fourth-order valence-corrected chi connectivity index (χ4v) is 3.70. The number of carbonyl (C=O) groups is 2. The smallest absolute Gasteiger partial charge is 0.327 e. The minimum absolute atomic E-state index is 0.173. The first-order valence-corrected chi connectivity index (χ1v) is 7.69. The summed E-state index contributed by atoms with van der Waals surface area (Å²) in [6, 6.07) is 6.55. The number of furan rings is 1. The third-order valence-electron chi connectivity index (χ3n) is 3.62. The third kappa shape index (κ3) is 2.40. The maximum Gasteiger partial charge on any atom is 0.327 e. The number of aryl methyl sites for hydroxylation is 1. The maximum atomic E-state index is 12.6. The van der Waals surface area contributed by atoms with Gasteiger partial charge in [0, 0.05) is 11.1 Å². The number of rotatable bonds is 2. The van der Waals surface area contributed by atoms with Crippen molar-refractivity contribution in [1.29, 1.82) is 0 Å². The molecule has 2 aromatic rings. The number of carboxylic acids is 1. The number of benzene rings is 1. The van der Waals surface area contributed by atoms with E-state index in [1.54, 1.807) is 6.07 Å². The lowest BCUT2D eigenvalue weighted by Crippen LogP contribution is -2.44. The molecule has 0 saturated carbocycles. The Morgan fingerprint density at radius 2 is 2.14 bits per heavy atom. The van der Waals surface area contributed by atoms with Gasteiger partial charge < -0.3 is 14.4 Å². The lowest BCUT2D eigenvalue weighted by Gasteiger charge is -2.23. The van der Waals surface area contributed by atoms with Crippen molar-refractivity contribution in [2.45, 2.75) is 25.3 Å². The Bertz CT molecular complexity index is 724. The molecule has 1 saturated heterocycles. The van der Waals surface area contributed by atoms with Crippen molar-refractivity contribution in [3.63, 3.8) is 0 Å². The first kappa shape index (κ1) is 14.0. The van der Waals surface area contributed by atoms with E-state index in [1.165, 1.54) is 16.7 Å². The Morgan fingerprint density at radius 3 is 2.86 bits per heavy atom. The van der Waals surface area contributed by atoms with Crippen LogP contribution in [0.15, 0.2) is 28.7 Å². The van der Waals surface area contributed by atoms with Gasteiger partial charge in [-0.15, -0.1) is 11.8 Å². The highest BCUT2D eigenvalue weighted by molar-refractivity contribution is 8.00. The highest BCUT2D eigenvalue weighted by atomic mass is 32.2. The maximum absolute atomic E-state index is 12.6. The predicted octanol–water partition coefficient (Wildman–Crippen LogP) is 2.73. The van der Waals surface area contributed by atoms with Crippen LogP contribution in [-0.4, -0.2) is 39.1 Å². The van der Waals surface area contributed by atoms with Crippen LogP contribution in [0.1, 0.15) is 23.0 Å². The van der Waals surface area contributed by atoms with Crippen molar-refractivity contribution in [2.75, 3.05) is 5.75 Å². The molecular formula is C15H15NO4S. The molecule has 0 bridgehead atoms. The number of fused-ring (bicyclic) bond motifs is 1. The Kier molecular flexibility index (Phi) is 3.41. The van der Waals surface area contributed by atoms with Gasteiger partial charge in [0.2, 0.25) is 0 Å². The van der Waals surface area contributed by atoms with Crippen molar-refractivity contribution in [1.82, 2.24) is 4.90 Å². The quantitative estimate of drug-likeness (QED) is 0.923. The van der Waals surface area contributed by atoms with Crippen molar-refractivity contribution >= 4 is 34.6 Å². The molecule has 5 nitrogen and oxygen atoms in total. The Morgan fingerprint density at radius 1 is 1.38 bits per heavy atom. The van der Waals surface area contributed by atoms with Gasteiger partial charge in [-0.1, -0.05) is 11.6 Å². The number of nitrogens with zero attached hydrogens (tertiary/aromatic N) is 1. The van der Waals surface area contributed by atoms with Gasteiger partial charge in [-0.05, 0) is 32.0 Å². The molecule has 21 heavy (non-hydrogen) atoms. The second-order valence-corrected chi connectivity index (χ2v) is 6.50. The highest BCUT2D eigenvalue weighted by Crippen LogP contribution is 2.31. The number of hydrogen-bond donors (Lipinski definition) is 1. The first-order chi connectivity index (χ1) is 9.97. The summed E-state index contributed by atoms with van der Waals surface area (Å²) < 4.78 is 5.58. The van der Waals surface area contributed by atoms with Crippen LogP contribution in [0.2, 0.25) is 0 Å². The van der Waals surface area contributed by atoms with Crippen LogP contribution in [0.25, 0.3) is 11.0 Å². The first-order valence-electron chi connectivity index (χ1n) is 6.64. The molecule has 1 N–H and O–H groups in total. The number of hydrogen-bond acceptors (Lipinski definition) is 4. The number of amides is 1. The van der Waals surface area contributed by atoms with E-state index in [0.29, 0.717) is 11.3 Å². The molecule has 0 radical (unpaired) electrons. The Hall–Kier alpha value is -1.95. The van der Waals surface area contributed by atoms with E-state index in [-0.39, 0.29) is 17.0 Å². The minimum Gasteiger partial charge on any atom is -0.480 e. The molecule has 2 atom stereocenters. The molecule has 1 aromatic heterocycles. The van der Waals surface area contributed by atoms with E-state index in [4.69, 9.17) is 4.42 Å². The van der Waals surface area contributed by atoms with E-state index in [0.717, 1.165) is 10.9 Å². The average Bonchev–Trinajstić information content (AvgIpc) is 3.00. The zero-order valence-electron chi connectivity index (χ0n) is 11.7. The lowest BCUT2D eigenvalue weighted by molar-refractivity contribution is -0.141. The summed E-state index contributed by atoms with van der Waals surface area (Å²) in [5, 5.41) is 9.91. The molecule has 110 valence electrons. The number of aliphatic carboxylic acids is 1. The zero-order valence-corrected chi connectivity index (χ0v) is 12.5. The van der Waals surface area contributed by atoms with Gasteiger partial charge in [0.1, 0.15) is 11.6 Å². The van der Waals surface area contributed by atoms with E-state index in [2.05, 4.69) is 0 Å². The monoisotopic (exact) mass is 305 g/mol. The summed E-state index contributed by atoms with van der Waals surface area (Å²) in [4.78, 5) is 25.2. The predicted molar refractivity (Wildman–Crippen MR) is 80.5 cm³/mol.